The Morgan fingerprint density at radius 3 is 2.71 bits per heavy atom. The molecule has 1 fully saturated rings. The molecule has 1 N–H and O–H groups in total. The summed E-state index contributed by atoms with van der Waals surface area (Å²) in [6.45, 7) is 0.732. The lowest BCUT2D eigenvalue weighted by Gasteiger charge is -2.21. The van der Waals surface area contributed by atoms with Gasteiger partial charge in [0, 0.05) is 19.6 Å². The van der Waals surface area contributed by atoms with E-state index in [2.05, 4.69) is 5.32 Å². The van der Waals surface area contributed by atoms with Gasteiger partial charge < -0.3 is 10.2 Å². The van der Waals surface area contributed by atoms with Gasteiger partial charge in [0.1, 0.15) is 0 Å². The minimum absolute atomic E-state index is 0.580. The van der Waals surface area contributed by atoms with Crippen molar-refractivity contribution < 1.29 is 0 Å². The Bertz CT molecular complexity index is 433. The molecule has 0 amide bonds. The molecule has 1 aromatic carbocycles. The molecular formula is C12H14Cl2N2S. The van der Waals surface area contributed by atoms with Gasteiger partial charge in [0.15, 0.2) is 5.11 Å². The monoisotopic (exact) mass is 288 g/mol. The van der Waals surface area contributed by atoms with Crippen LogP contribution in [-0.2, 0) is 6.54 Å². The average Bonchev–Trinajstić information content (AvgIpc) is 3.07. The molecule has 17 heavy (non-hydrogen) atoms. The van der Waals surface area contributed by atoms with Gasteiger partial charge >= 0.3 is 0 Å². The van der Waals surface area contributed by atoms with Crippen LogP contribution in [0.1, 0.15) is 18.4 Å². The van der Waals surface area contributed by atoms with E-state index in [1.165, 1.54) is 12.8 Å². The van der Waals surface area contributed by atoms with Crippen LogP contribution in [0.2, 0.25) is 10.0 Å². The van der Waals surface area contributed by atoms with Crippen molar-refractivity contribution in [1.29, 1.82) is 0 Å². The van der Waals surface area contributed by atoms with Crippen LogP contribution in [0.5, 0.6) is 0 Å². The highest BCUT2D eigenvalue weighted by Crippen LogP contribution is 2.23. The first-order valence-corrected chi connectivity index (χ1v) is 6.68. The van der Waals surface area contributed by atoms with Crippen molar-refractivity contribution >= 4 is 40.5 Å². The molecule has 5 heteroatoms. The Morgan fingerprint density at radius 2 is 2.12 bits per heavy atom. The molecule has 92 valence electrons. The van der Waals surface area contributed by atoms with E-state index in [0.29, 0.717) is 16.1 Å². The van der Waals surface area contributed by atoms with Gasteiger partial charge in [-0.05, 0) is 42.8 Å². The van der Waals surface area contributed by atoms with Gasteiger partial charge in [-0.3, -0.25) is 0 Å². The van der Waals surface area contributed by atoms with E-state index in [-0.39, 0.29) is 0 Å². The molecule has 0 aliphatic heterocycles. The summed E-state index contributed by atoms with van der Waals surface area (Å²) >= 11 is 17.2. The van der Waals surface area contributed by atoms with Crippen molar-refractivity contribution in [2.24, 2.45) is 0 Å². The van der Waals surface area contributed by atoms with Crippen LogP contribution < -0.4 is 5.32 Å². The lowest BCUT2D eigenvalue weighted by molar-refractivity contribution is 0.488. The molecule has 0 heterocycles. The third-order valence-electron chi connectivity index (χ3n) is 2.66. The quantitative estimate of drug-likeness (QED) is 0.858. The smallest absolute Gasteiger partial charge is 0.169 e. The predicted octanol–water partition coefficient (Wildman–Crippen LogP) is 3.46. The molecule has 0 spiro atoms. The molecule has 1 saturated carbocycles. The molecular weight excluding hydrogens is 275 g/mol. The molecule has 1 aromatic rings. The minimum Gasteiger partial charge on any atom is -0.360 e. The topological polar surface area (TPSA) is 15.3 Å². The first-order valence-electron chi connectivity index (χ1n) is 5.52. The summed E-state index contributed by atoms with van der Waals surface area (Å²) in [6.07, 6.45) is 2.45. The van der Waals surface area contributed by atoms with E-state index in [4.69, 9.17) is 35.4 Å². The Balaban J connectivity index is 1.94. The normalized spacial score (nSPS) is 14.5. The molecule has 2 nitrogen and oxygen atoms in total. The summed E-state index contributed by atoms with van der Waals surface area (Å²) in [7, 11) is 1.97. The standard InChI is InChI=1S/C12H14Cl2N2S/c1-16(12(17)15-9-3-4-9)7-8-2-5-10(13)11(14)6-8/h2,5-6,9H,3-4,7H2,1H3,(H,15,17). The van der Waals surface area contributed by atoms with E-state index in [9.17, 15) is 0 Å². The van der Waals surface area contributed by atoms with Gasteiger partial charge in [-0.2, -0.15) is 0 Å². The SMILES string of the molecule is CN(Cc1ccc(Cl)c(Cl)c1)C(=S)NC1CC1. The van der Waals surface area contributed by atoms with E-state index in [1.54, 1.807) is 0 Å². The first-order chi connectivity index (χ1) is 8.06. The number of hydrogen-bond acceptors (Lipinski definition) is 1. The van der Waals surface area contributed by atoms with E-state index >= 15 is 0 Å². The fourth-order valence-corrected chi connectivity index (χ4v) is 2.05. The van der Waals surface area contributed by atoms with Crippen LogP contribution in [0.15, 0.2) is 18.2 Å². The Hall–Kier alpha value is -0.510. The summed E-state index contributed by atoms with van der Waals surface area (Å²) in [6, 6.07) is 6.23. The van der Waals surface area contributed by atoms with Gasteiger partial charge in [-0.15, -0.1) is 0 Å². The molecule has 0 radical (unpaired) electrons. The van der Waals surface area contributed by atoms with E-state index < -0.39 is 0 Å². The van der Waals surface area contributed by atoms with E-state index in [0.717, 1.165) is 17.2 Å². The lowest BCUT2D eigenvalue weighted by Crippen LogP contribution is -2.37. The van der Waals surface area contributed by atoms with Crippen molar-refractivity contribution in [1.82, 2.24) is 10.2 Å². The molecule has 2 rings (SSSR count). The number of hydrogen-bond donors (Lipinski definition) is 1. The summed E-state index contributed by atoms with van der Waals surface area (Å²) in [5.41, 5.74) is 1.10. The number of nitrogens with one attached hydrogen (secondary N) is 1. The van der Waals surface area contributed by atoms with Crippen molar-refractivity contribution in [3.63, 3.8) is 0 Å². The zero-order valence-electron chi connectivity index (χ0n) is 9.54. The Labute approximate surface area is 117 Å². The van der Waals surface area contributed by atoms with Gasteiger partial charge in [-0.25, -0.2) is 0 Å². The van der Waals surface area contributed by atoms with E-state index in [1.807, 2.05) is 30.1 Å². The second kappa shape index (κ2) is 5.42. The lowest BCUT2D eigenvalue weighted by atomic mass is 10.2. The third kappa shape index (κ3) is 3.73. The van der Waals surface area contributed by atoms with Crippen LogP contribution in [-0.4, -0.2) is 23.1 Å². The maximum atomic E-state index is 5.97. The maximum Gasteiger partial charge on any atom is 0.169 e. The number of rotatable bonds is 3. The van der Waals surface area contributed by atoms with Crippen molar-refractivity contribution in [2.45, 2.75) is 25.4 Å². The number of thiocarbonyl (C=S) groups is 1. The maximum absolute atomic E-state index is 5.97. The average molecular weight is 289 g/mol. The van der Waals surface area contributed by atoms with Crippen LogP contribution >= 0.6 is 35.4 Å². The number of nitrogens with zero attached hydrogens (tertiary/aromatic N) is 1. The zero-order chi connectivity index (χ0) is 12.4. The van der Waals surface area contributed by atoms with Gasteiger partial charge in [0.2, 0.25) is 0 Å². The van der Waals surface area contributed by atoms with Gasteiger partial charge in [0.05, 0.1) is 10.0 Å². The van der Waals surface area contributed by atoms with Gasteiger partial charge in [-0.1, -0.05) is 29.3 Å². The molecule has 1 aliphatic rings. The molecule has 0 aromatic heterocycles. The Kier molecular flexibility index (Phi) is 4.13. The van der Waals surface area contributed by atoms with Gasteiger partial charge in [0.25, 0.3) is 0 Å². The van der Waals surface area contributed by atoms with Crippen molar-refractivity contribution in [2.75, 3.05) is 7.05 Å². The largest absolute Gasteiger partial charge is 0.360 e. The molecule has 0 unspecified atom stereocenters. The number of halogens is 2. The predicted molar refractivity (Wildman–Crippen MR) is 76.7 cm³/mol. The van der Waals surface area contributed by atoms with Crippen molar-refractivity contribution in [3.05, 3.63) is 33.8 Å². The second-order valence-electron chi connectivity index (χ2n) is 4.33. The minimum atomic E-state index is 0.580. The molecule has 0 bridgehead atoms. The molecule has 0 atom stereocenters. The third-order valence-corrected chi connectivity index (χ3v) is 3.82. The first kappa shape index (κ1) is 12.9. The highest BCUT2D eigenvalue weighted by atomic mass is 35.5. The summed E-state index contributed by atoms with van der Waals surface area (Å²) < 4.78 is 0. The highest BCUT2D eigenvalue weighted by molar-refractivity contribution is 7.80. The second-order valence-corrected chi connectivity index (χ2v) is 5.53. The molecule has 0 saturated heterocycles. The zero-order valence-corrected chi connectivity index (χ0v) is 11.9. The summed E-state index contributed by atoms with van der Waals surface area (Å²) in [5, 5.41) is 5.25. The van der Waals surface area contributed by atoms with Crippen LogP contribution in [0.3, 0.4) is 0 Å². The highest BCUT2D eigenvalue weighted by Gasteiger charge is 2.22. The van der Waals surface area contributed by atoms with Crippen LogP contribution in [0.4, 0.5) is 0 Å². The summed E-state index contributed by atoms with van der Waals surface area (Å²) in [5.74, 6) is 0. The fraction of sp³-hybridized carbons (Fsp3) is 0.417. The van der Waals surface area contributed by atoms with Crippen molar-refractivity contribution in [3.8, 4) is 0 Å². The summed E-state index contributed by atoms with van der Waals surface area (Å²) in [4.78, 5) is 2.01. The molecule has 1 aliphatic carbocycles. The van der Waals surface area contributed by atoms with Crippen LogP contribution in [0, 0.1) is 0 Å². The Morgan fingerprint density at radius 1 is 1.41 bits per heavy atom. The number of benzene rings is 1. The van der Waals surface area contributed by atoms with Crippen LogP contribution in [0.25, 0.3) is 0 Å². The fourth-order valence-electron chi connectivity index (χ4n) is 1.50.